The molecule has 7 N–H and O–H groups in total. The van der Waals surface area contributed by atoms with Crippen LogP contribution in [0.4, 0.5) is 23.0 Å². The highest BCUT2D eigenvalue weighted by Gasteiger charge is 2.14. The van der Waals surface area contributed by atoms with Crippen molar-refractivity contribution in [1.29, 1.82) is 0 Å². The molecule has 1 aromatic carbocycles. The van der Waals surface area contributed by atoms with Crippen LogP contribution < -0.4 is 27.4 Å². The van der Waals surface area contributed by atoms with Crippen LogP contribution in [0.25, 0.3) is 0 Å². The minimum Gasteiger partial charge on any atom is -0.398 e. The van der Waals surface area contributed by atoms with Crippen molar-refractivity contribution in [3.8, 4) is 0 Å². The number of carbonyl (C=O) groups is 1. The number of hydrogen-bond donors (Lipinski definition) is 5. The van der Waals surface area contributed by atoms with E-state index in [-0.39, 0.29) is 11.8 Å². The molecule has 0 bridgehead atoms. The van der Waals surface area contributed by atoms with E-state index in [9.17, 15) is 4.79 Å². The van der Waals surface area contributed by atoms with Crippen molar-refractivity contribution < 1.29 is 4.79 Å². The largest absolute Gasteiger partial charge is 0.398 e. The van der Waals surface area contributed by atoms with Crippen LogP contribution in [0.3, 0.4) is 0 Å². The molecule has 0 spiro atoms. The summed E-state index contributed by atoms with van der Waals surface area (Å²) in [5.41, 5.74) is 13.9. The fourth-order valence-electron chi connectivity index (χ4n) is 3.07. The topological polar surface area (TPSA) is 118 Å². The summed E-state index contributed by atoms with van der Waals surface area (Å²) in [4.78, 5) is 16.6. The van der Waals surface area contributed by atoms with E-state index in [4.69, 9.17) is 5.73 Å². The van der Waals surface area contributed by atoms with Crippen molar-refractivity contribution in [2.24, 2.45) is 11.7 Å². The number of nitrogens with zero attached hydrogens (tertiary/aromatic N) is 1. The number of aromatic nitrogens is 1. The fraction of sp³-hybridized carbons (Fsp3) is 0.304. The number of benzene rings is 1. The summed E-state index contributed by atoms with van der Waals surface area (Å²) >= 11 is 0. The summed E-state index contributed by atoms with van der Waals surface area (Å²) in [5.74, 6) is 1.76. The Morgan fingerprint density at radius 2 is 1.90 bits per heavy atom. The Labute approximate surface area is 178 Å². The molecular formula is C23H32N6O. The molecule has 1 heterocycles. The van der Waals surface area contributed by atoms with Gasteiger partial charge in [-0.25, -0.2) is 4.98 Å². The van der Waals surface area contributed by atoms with Crippen LogP contribution in [0, 0.1) is 12.8 Å². The maximum Gasteiger partial charge on any atom is 0.250 e. The van der Waals surface area contributed by atoms with E-state index in [1.165, 1.54) is 7.05 Å². The molecule has 3 rings (SSSR count). The lowest BCUT2D eigenvalue weighted by Crippen LogP contribution is -2.26. The number of nitrogen functional groups attached to an aromatic ring is 1. The van der Waals surface area contributed by atoms with Gasteiger partial charge in [0.25, 0.3) is 5.91 Å². The van der Waals surface area contributed by atoms with Gasteiger partial charge >= 0.3 is 0 Å². The molecule has 0 aliphatic heterocycles. The van der Waals surface area contributed by atoms with E-state index in [1.807, 2.05) is 68.5 Å². The van der Waals surface area contributed by atoms with Crippen molar-refractivity contribution >= 4 is 28.9 Å². The molecule has 1 aliphatic rings. The molecule has 1 aromatic heterocycles. The molecule has 1 aliphatic carbocycles. The predicted molar refractivity (Wildman–Crippen MR) is 126 cm³/mol. The first-order chi connectivity index (χ1) is 14.6. The average Bonchev–Trinajstić information content (AvgIpc) is 2.78. The van der Waals surface area contributed by atoms with Crippen LogP contribution >= 0.6 is 0 Å². The number of amides is 1. The van der Waals surface area contributed by atoms with Gasteiger partial charge in [-0.1, -0.05) is 30.4 Å². The highest BCUT2D eigenvalue weighted by atomic mass is 16.1. The van der Waals surface area contributed by atoms with E-state index in [0.29, 0.717) is 13.1 Å². The molecule has 0 saturated carbocycles. The Kier molecular flexibility index (Phi) is 8.90. The predicted octanol–water partition coefficient (Wildman–Crippen LogP) is 3.34. The molecule has 1 amide bonds. The molecule has 2 aromatic rings. The van der Waals surface area contributed by atoms with E-state index >= 15 is 0 Å². The van der Waals surface area contributed by atoms with Crippen molar-refractivity contribution in [2.45, 2.75) is 20.3 Å². The number of hydrogen-bond acceptors (Lipinski definition) is 6. The minimum atomic E-state index is -0.0229. The van der Waals surface area contributed by atoms with Crippen LogP contribution in [0.15, 0.2) is 60.2 Å². The number of allylic oxidation sites excluding steroid dienone is 1. The summed E-state index contributed by atoms with van der Waals surface area (Å²) in [5, 5.41) is 9.53. The monoisotopic (exact) mass is 408 g/mol. The van der Waals surface area contributed by atoms with Crippen molar-refractivity contribution in [3.05, 3.63) is 65.8 Å². The second kappa shape index (κ2) is 11.6. The Morgan fingerprint density at radius 3 is 2.67 bits per heavy atom. The van der Waals surface area contributed by atoms with E-state index < -0.39 is 0 Å². The van der Waals surface area contributed by atoms with Crippen molar-refractivity contribution in [3.63, 3.8) is 0 Å². The summed E-state index contributed by atoms with van der Waals surface area (Å²) in [6, 6.07) is 11.6. The zero-order chi connectivity index (χ0) is 21.9. The number of likely N-dealkylation sites (N-methyl/N-ethyl adjacent to an activating group) is 1. The molecule has 30 heavy (non-hydrogen) atoms. The van der Waals surface area contributed by atoms with Gasteiger partial charge in [0.15, 0.2) is 0 Å². The van der Waals surface area contributed by atoms with Gasteiger partial charge in [0, 0.05) is 30.0 Å². The summed E-state index contributed by atoms with van der Waals surface area (Å²) in [6.45, 7) is 5.24. The van der Waals surface area contributed by atoms with Crippen LogP contribution in [0.5, 0.6) is 0 Å². The lowest BCUT2D eigenvalue weighted by atomic mass is 9.95. The molecule has 0 radical (unpaired) electrons. The maximum absolute atomic E-state index is 12.0. The molecule has 7 heteroatoms. The van der Waals surface area contributed by atoms with E-state index in [1.54, 1.807) is 0 Å². The Hall–Kier alpha value is -3.32. The molecular weight excluding hydrogens is 376 g/mol. The highest BCUT2D eigenvalue weighted by Crippen LogP contribution is 2.24. The van der Waals surface area contributed by atoms with E-state index in [0.717, 1.165) is 40.6 Å². The van der Waals surface area contributed by atoms with Crippen LogP contribution in [-0.4, -0.2) is 31.0 Å². The SMILES string of the molecule is CCNC(=O)C1=CC(CNc2cccc(Nc3cccc(N)c3C)n2)CC=C1.CN. The van der Waals surface area contributed by atoms with Crippen molar-refractivity contribution in [2.75, 3.05) is 36.5 Å². The average molecular weight is 409 g/mol. The second-order valence-corrected chi connectivity index (χ2v) is 6.81. The maximum atomic E-state index is 12.0. The first-order valence-corrected chi connectivity index (χ1v) is 10.1. The number of rotatable bonds is 7. The third-order valence-electron chi connectivity index (χ3n) is 4.68. The second-order valence-electron chi connectivity index (χ2n) is 6.81. The lowest BCUT2D eigenvalue weighted by molar-refractivity contribution is -0.117. The van der Waals surface area contributed by atoms with Gasteiger partial charge in [0.05, 0.1) is 0 Å². The zero-order valence-corrected chi connectivity index (χ0v) is 17.9. The first-order valence-electron chi connectivity index (χ1n) is 10.1. The Morgan fingerprint density at radius 1 is 1.17 bits per heavy atom. The lowest BCUT2D eigenvalue weighted by Gasteiger charge is -2.18. The van der Waals surface area contributed by atoms with Crippen molar-refractivity contribution in [1.82, 2.24) is 10.3 Å². The van der Waals surface area contributed by atoms with Crippen LogP contribution in [-0.2, 0) is 4.79 Å². The first kappa shape index (κ1) is 23.0. The van der Waals surface area contributed by atoms with Crippen LogP contribution in [0.2, 0.25) is 0 Å². The third kappa shape index (κ3) is 6.35. The highest BCUT2D eigenvalue weighted by molar-refractivity contribution is 5.96. The minimum absolute atomic E-state index is 0.0229. The molecule has 1 atom stereocenters. The standard InChI is InChI=1S/C22H27N5O.CH5N/c1-3-24-22(28)17-8-4-7-16(13-17)14-25-20-11-6-12-21(27-20)26-19-10-5-9-18(23)15(19)2;1-2/h4-6,8-13,16H,3,7,14,23H2,1-2H3,(H,24,28)(H2,25,26,27);2H2,1H3. The number of nitrogens with one attached hydrogen (secondary N) is 3. The quantitative estimate of drug-likeness (QED) is 0.449. The summed E-state index contributed by atoms with van der Waals surface area (Å²) in [7, 11) is 1.50. The Bertz CT molecular complexity index is 906. The van der Waals surface area contributed by atoms with Gasteiger partial charge < -0.3 is 27.4 Å². The molecule has 0 saturated heterocycles. The molecule has 160 valence electrons. The number of nitrogens with two attached hydrogens (primary N) is 2. The summed E-state index contributed by atoms with van der Waals surface area (Å²) < 4.78 is 0. The van der Waals surface area contributed by atoms with Gasteiger partial charge in [-0.3, -0.25) is 4.79 Å². The molecule has 0 fully saturated rings. The molecule has 1 unspecified atom stereocenters. The Balaban J connectivity index is 0.00000155. The third-order valence-corrected chi connectivity index (χ3v) is 4.68. The summed E-state index contributed by atoms with van der Waals surface area (Å²) in [6.07, 6.45) is 6.86. The van der Waals surface area contributed by atoms with Gasteiger partial charge in [0.1, 0.15) is 11.6 Å². The van der Waals surface area contributed by atoms with Gasteiger partial charge in [-0.05, 0) is 63.1 Å². The normalized spacial score (nSPS) is 14.8. The van der Waals surface area contributed by atoms with E-state index in [2.05, 4.69) is 26.7 Å². The number of pyridine rings is 1. The zero-order valence-electron chi connectivity index (χ0n) is 17.9. The number of anilines is 4. The van der Waals surface area contributed by atoms with Crippen LogP contribution in [0.1, 0.15) is 18.9 Å². The fourth-order valence-corrected chi connectivity index (χ4v) is 3.07. The van der Waals surface area contributed by atoms with Gasteiger partial charge in [-0.15, -0.1) is 0 Å². The van der Waals surface area contributed by atoms with Gasteiger partial charge in [0.2, 0.25) is 0 Å². The molecule has 7 nitrogen and oxygen atoms in total. The number of carbonyl (C=O) groups excluding carboxylic acids is 1. The smallest absolute Gasteiger partial charge is 0.250 e. The van der Waals surface area contributed by atoms with Gasteiger partial charge in [-0.2, -0.15) is 0 Å².